The Kier molecular flexibility index (Phi) is 4.06. The Balaban J connectivity index is 1.24. The highest BCUT2D eigenvalue weighted by Crippen LogP contribution is 2.33. The minimum atomic E-state index is 0.0459. The maximum Gasteiger partial charge on any atom is 0.317 e. The van der Waals surface area contributed by atoms with Gasteiger partial charge in [-0.25, -0.2) is 9.78 Å². The Bertz CT molecular complexity index is 842. The Labute approximate surface area is 156 Å². The fourth-order valence-corrected chi connectivity index (χ4v) is 3.40. The van der Waals surface area contributed by atoms with E-state index >= 15 is 0 Å². The van der Waals surface area contributed by atoms with Gasteiger partial charge in [0.1, 0.15) is 13.2 Å². The molecule has 9 nitrogen and oxygen atoms in total. The highest BCUT2D eigenvalue weighted by atomic mass is 16.6. The van der Waals surface area contributed by atoms with Crippen molar-refractivity contribution in [3.8, 4) is 23.0 Å². The smallest absolute Gasteiger partial charge is 0.317 e. The van der Waals surface area contributed by atoms with Crippen LogP contribution in [0.15, 0.2) is 16.8 Å². The summed E-state index contributed by atoms with van der Waals surface area (Å²) >= 11 is 0. The lowest BCUT2D eigenvalue weighted by Crippen LogP contribution is -2.44. The van der Waals surface area contributed by atoms with E-state index < -0.39 is 0 Å². The number of ether oxygens (including phenoxy) is 2. The van der Waals surface area contributed by atoms with Crippen LogP contribution in [0, 0.1) is 0 Å². The molecule has 2 aromatic heterocycles. The Morgan fingerprint density at radius 3 is 2.78 bits per heavy atom. The molecule has 1 N–H and O–H groups in total. The second kappa shape index (κ2) is 6.71. The van der Waals surface area contributed by atoms with E-state index in [1.165, 1.54) is 0 Å². The molecule has 2 amide bonds. The average Bonchev–Trinajstić information content (AvgIpc) is 3.39. The summed E-state index contributed by atoms with van der Waals surface area (Å²) in [4.78, 5) is 22.8. The molecular formula is C18H21N5O4. The first-order valence-electron chi connectivity index (χ1n) is 9.41. The first kappa shape index (κ1) is 16.3. The normalized spacial score (nSPS) is 19.8. The number of hydrogen-bond acceptors (Lipinski definition) is 7. The summed E-state index contributed by atoms with van der Waals surface area (Å²) in [6.07, 6.45) is 5.49. The highest BCUT2D eigenvalue weighted by Gasteiger charge is 2.30. The average molecular weight is 371 g/mol. The van der Waals surface area contributed by atoms with Crippen molar-refractivity contribution in [1.29, 1.82) is 0 Å². The highest BCUT2D eigenvalue weighted by molar-refractivity contribution is 5.75. The van der Waals surface area contributed by atoms with Crippen LogP contribution in [-0.4, -0.2) is 58.4 Å². The van der Waals surface area contributed by atoms with Crippen molar-refractivity contribution < 1.29 is 18.8 Å². The molecule has 27 heavy (non-hydrogen) atoms. The molecule has 2 aliphatic heterocycles. The van der Waals surface area contributed by atoms with Crippen LogP contribution in [-0.2, 0) is 0 Å². The lowest BCUT2D eigenvalue weighted by atomic mass is 9.97. The molecule has 0 spiro atoms. The summed E-state index contributed by atoms with van der Waals surface area (Å²) in [6.45, 7) is 2.41. The Morgan fingerprint density at radius 1 is 1.15 bits per heavy atom. The summed E-state index contributed by atoms with van der Waals surface area (Å²) in [6, 6.07) is 2.25. The van der Waals surface area contributed by atoms with Crippen molar-refractivity contribution in [1.82, 2.24) is 25.3 Å². The molecule has 0 aromatic carbocycles. The minimum absolute atomic E-state index is 0.0459. The van der Waals surface area contributed by atoms with Gasteiger partial charge in [0.25, 0.3) is 5.88 Å². The third kappa shape index (κ3) is 3.41. The number of urea groups is 1. The second-order valence-electron chi connectivity index (χ2n) is 7.17. The molecule has 3 aliphatic rings. The third-order valence-corrected chi connectivity index (χ3v) is 5.13. The van der Waals surface area contributed by atoms with Crippen LogP contribution in [0.2, 0.25) is 0 Å². The molecule has 1 saturated heterocycles. The predicted molar refractivity (Wildman–Crippen MR) is 93.6 cm³/mol. The number of aromatic nitrogens is 3. The molecule has 0 unspecified atom stereocenters. The molecule has 1 saturated carbocycles. The number of pyridine rings is 1. The van der Waals surface area contributed by atoms with Gasteiger partial charge in [-0.1, -0.05) is 5.16 Å². The third-order valence-electron chi connectivity index (χ3n) is 5.13. The number of hydrogen-bond donors (Lipinski definition) is 1. The Hall–Kier alpha value is -2.84. The predicted octanol–water partition coefficient (Wildman–Crippen LogP) is 1.95. The number of amides is 2. The minimum Gasteiger partial charge on any atom is -0.484 e. The van der Waals surface area contributed by atoms with Crippen molar-refractivity contribution in [2.45, 2.75) is 37.6 Å². The van der Waals surface area contributed by atoms with Gasteiger partial charge in [0, 0.05) is 36.8 Å². The van der Waals surface area contributed by atoms with E-state index in [1.807, 2.05) is 11.0 Å². The van der Waals surface area contributed by atoms with Crippen molar-refractivity contribution in [2.75, 3.05) is 26.3 Å². The second-order valence-corrected chi connectivity index (χ2v) is 7.17. The van der Waals surface area contributed by atoms with Crippen LogP contribution in [0.5, 0.6) is 11.6 Å². The zero-order valence-corrected chi connectivity index (χ0v) is 14.9. The fourth-order valence-electron chi connectivity index (χ4n) is 3.40. The number of piperidine rings is 1. The molecule has 0 bridgehead atoms. The molecule has 5 rings (SSSR count). The fraction of sp³-hybridized carbons (Fsp3) is 0.556. The van der Waals surface area contributed by atoms with Crippen LogP contribution < -0.4 is 14.8 Å². The van der Waals surface area contributed by atoms with Gasteiger partial charge in [-0.3, -0.25) is 0 Å². The van der Waals surface area contributed by atoms with Gasteiger partial charge >= 0.3 is 6.03 Å². The number of nitrogens with one attached hydrogen (secondary N) is 1. The number of carbonyl (C=O) groups is 1. The van der Waals surface area contributed by atoms with E-state index in [0.29, 0.717) is 55.7 Å². The molecule has 2 aromatic rings. The largest absolute Gasteiger partial charge is 0.484 e. The SMILES string of the molecule is O=C(NC1CC1)N1CCC(c2nc(-c3cnc4c(c3)OCCO4)no2)CC1. The first-order chi connectivity index (χ1) is 13.3. The summed E-state index contributed by atoms with van der Waals surface area (Å²) in [5, 5.41) is 7.13. The molecular weight excluding hydrogens is 350 g/mol. The molecule has 9 heteroatoms. The zero-order valence-electron chi connectivity index (χ0n) is 14.9. The molecule has 4 heterocycles. The summed E-state index contributed by atoms with van der Waals surface area (Å²) in [5.41, 5.74) is 0.732. The number of nitrogens with zero attached hydrogens (tertiary/aromatic N) is 4. The van der Waals surface area contributed by atoms with E-state index in [-0.39, 0.29) is 11.9 Å². The maximum absolute atomic E-state index is 12.1. The van der Waals surface area contributed by atoms with Crippen LogP contribution in [0.3, 0.4) is 0 Å². The number of likely N-dealkylation sites (tertiary alicyclic amines) is 1. The van der Waals surface area contributed by atoms with Gasteiger partial charge in [0.2, 0.25) is 11.7 Å². The summed E-state index contributed by atoms with van der Waals surface area (Å²) < 4.78 is 16.5. The summed E-state index contributed by atoms with van der Waals surface area (Å²) in [7, 11) is 0. The Morgan fingerprint density at radius 2 is 1.96 bits per heavy atom. The molecule has 1 aliphatic carbocycles. The first-order valence-corrected chi connectivity index (χ1v) is 9.41. The van der Waals surface area contributed by atoms with E-state index in [1.54, 1.807) is 6.20 Å². The van der Waals surface area contributed by atoms with Crippen LogP contribution in [0.4, 0.5) is 4.79 Å². The van der Waals surface area contributed by atoms with Gasteiger partial charge in [0.15, 0.2) is 5.75 Å². The van der Waals surface area contributed by atoms with E-state index in [2.05, 4.69) is 20.4 Å². The molecule has 2 fully saturated rings. The maximum atomic E-state index is 12.1. The molecule has 0 radical (unpaired) electrons. The standard InChI is InChI=1S/C18H21N5O4/c24-18(20-13-1-2-13)23-5-3-11(4-6-23)16-21-15(22-27-16)12-9-14-17(19-10-12)26-8-7-25-14/h9-11,13H,1-8H2,(H,20,24). The van der Waals surface area contributed by atoms with Crippen molar-refractivity contribution in [3.05, 3.63) is 18.2 Å². The van der Waals surface area contributed by atoms with Gasteiger partial charge in [-0.2, -0.15) is 4.98 Å². The van der Waals surface area contributed by atoms with Gasteiger partial charge < -0.3 is 24.2 Å². The van der Waals surface area contributed by atoms with Crippen molar-refractivity contribution in [2.24, 2.45) is 0 Å². The van der Waals surface area contributed by atoms with Crippen molar-refractivity contribution >= 4 is 6.03 Å². The van der Waals surface area contributed by atoms with E-state index in [4.69, 9.17) is 14.0 Å². The number of rotatable bonds is 3. The van der Waals surface area contributed by atoms with Crippen LogP contribution in [0.1, 0.15) is 37.5 Å². The number of fused-ring (bicyclic) bond motifs is 1. The monoisotopic (exact) mass is 371 g/mol. The van der Waals surface area contributed by atoms with E-state index in [9.17, 15) is 4.79 Å². The topological polar surface area (TPSA) is 103 Å². The molecule has 142 valence electrons. The van der Waals surface area contributed by atoms with Gasteiger partial charge in [0.05, 0.1) is 0 Å². The number of carbonyl (C=O) groups excluding carboxylic acids is 1. The van der Waals surface area contributed by atoms with Crippen LogP contribution in [0.25, 0.3) is 11.4 Å². The quantitative estimate of drug-likeness (QED) is 0.880. The molecule has 0 atom stereocenters. The zero-order chi connectivity index (χ0) is 18.2. The lowest BCUT2D eigenvalue weighted by Gasteiger charge is -2.30. The van der Waals surface area contributed by atoms with Crippen molar-refractivity contribution in [3.63, 3.8) is 0 Å². The van der Waals surface area contributed by atoms with Gasteiger partial charge in [-0.05, 0) is 31.7 Å². The van der Waals surface area contributed by atoms with E-state index in [0.717, 1.165) is 31.2 Å². The lowest BCUT2D eigenvalue weighted by molar-refractivity contribution is 0.164. The van der Waals surface area contributed by atoms with Gasteiger partial charge in [-0.15, -0.1) is 0 Å². The van der Waals surface area contributed by atoms with Crippen LogP contribution >= 0.6 is 0 Å². The summed E-state index contributed by atoms with van der Waals surface area (Å²) in [5.74, 6) is 2.36.